The molecule has 1 amide bonds. The molecule has 2 aromatic rings. The zero-order chi connectivity index (χ0) is 18.4. The van der Waals surface area contributed by atoms with Crippen molar-refractivity contribution < 1.29 is 18.0 Å². The van der Waals surface area contributed by atoms with E-state index in [9.17, 15) is 13.6 Å². The number of halogens is 2. The third-order valence-electron chi connectivity index (χ3n) is 3.60. The van der Waals surface area contributed by atoms with E-state index in [1.54, 1.807) is 12.1 Å². The van der Waals surface area contributed by atoms with Gasteiger partial charge in [0.2, 0.25) is 5.91 Å². The number of aryl methyl sites for hydroxylation is 3. The van der Waals surface area contributed by atoms with Crippen LogP contribution in [0.2, 0.25) is 0 Å². The van der Waals surface area contributed by atoms with Crippen LogP contribution in [0, 0.1) is 20.8 Å². The van der Waals surface area contributed by atoms with Crippen molar-refractivity contribution in [1.82, 2.24) is 5.32 Å². The molecule has 1 heterocycles. The Labute approximate surface area is 150 Å². The minimum absolute atomic E-state index is 0.129. The van der Waals surface area contributed by atoms with Crippen molar-refractivity contribution in [2.24, 2.45) is 0 Å². The van der Waals surface area contributed by atoms with Crippen LogP contribution in [0.25, 0.3) is 0 Å². The quantitative estimate of drug-likeness (QED) is 0.726. The van der Waals surface area contributed by atoms with Gasteiger partial charge < -0.3 is 15.1 Å². The molecule has 0 saturated carbocycles. The van der Waals surface area contributed by atoms with Crippen LogP contribution in [-0.4, -0.2) is 18.2 Å². The van der Waals surface area contributed by atoms with E-state index >= 15 is 0 Å². The SMILES string of the molecule is Cc1cc(C)c(NC(=O)CNCc2ccc(CSC(F)F)o2)c(C)c1. The highest BCUT2D eigenvalue weighted by molar-refractivity contribution is 7.98. The largest absolute Gasteiger partial charge is 0.464 e. The minimum Gasteiger partial charge on any atom is -0.464 e. The summed E-state index contributed by atoms with van der Waals surface area (Å²) in [6.07, 6.45) is 0. The van der Waals surface area contributed by atoms with Gasteiger partial charge in [0.05, 0.1) is 18.8 Å². The summed E-state index contributed by atoms with van der Waals surface area (Å²) in [5.74, 6) is -1.32. The number of hydrogen-bond donors (Lipinski definition) is 2. The lowest BCUT2D eigenvalue weighted by molar-refractivity contribution is -0.115. The van der Waals surface area contributed by atoms with Crippen molar-refractivity contribution in [1.29, 1.82) is 0 Å². The number of carbonyl (C=O) groups is 1. The predicted octanol–water partition coefficient (Wildman–Crippen LogP) is 4.39. The number of furan rings is 1. The Hall–Kier alpha value is -1.86. The van der Waals surface area contributed by atoms with Crippen molar-refractivity contribution in [3.63, 3.8) is 0 Å². The summed E-state index contributed by atoms with van der Waals surface area (Å²) in [6.45, 7) is 6.44. The zero-order valence-electron chi connectivity index (χ0n) is 14.5. The second-order valence-electron chi connectivity index (χ2n) is 5.87. The normalized spacial score (nSPS) is 11.1. The molecule has 0 bridgehead atoms. The molecular weight excluding hydrogens is 346 g/mol. The first-order chi connectivity index (χ1) is 11.8. The Balaban J connectivity index is 1.79. The van der Waals surface area contributed by atoms with E-state index in [0.29, 0.717) is 29.8 Å². The standard InChI is InChI=1S/C18H22F2N2O2S/c1-11-6-12(2)17(13(3)7-11)22-16(23)9-21-8-14-4-5-15(24-14)10-25-18(19)20/h4-7,18,21H,8-10H2,1-3H3,(H,22,23). The smallest absolute Gasteiger partial charge is 0.284 e. The third kappa shape index (κ3) is 6.17. The first-order valence-electron chi connectivity index (χ1n) is 7.91. The van der Waals surface area contributed by atoms with Crippen LogP contribution >= 0.6 is 11.8 Å². The molecule has 2 rings (SSSR count). The third-order valence-corrected chi connectivity index (χ3v) is 4.30. The van der Waals surface area contributed by atoms with Crippen molar-refractivity contribution >= 4 is 23.4 Å². The van der Waals surface area contributed by atoms with Crippen molar-refractivity contribution in [3.05, 3.63) is 52.5 Å². The fourth-order valence-corrected chi connectivity index (χ4v) is 3.05. The number of rotatable bonds is 8. The fourth-order valence-electron chi connectivity index (χ4n) is 2.60. The van der Waals surface area contributed by atoms with Gasteiger partial charge >= 0.3 is 0 Å². The monoisotopic (exact) mass is 368 g/mol. The van der Waals surface area contributed by atoms with Crippen LogP contribution in [0.1, 0.15) is 28.2 Å². The van der Waals surface area contributed by atoms with Gasteiger partial charge in [-0.1, -0.05) is 29.5 Å². The summed E-state index contributed by atoms with van der Waals surface area (Å²) in [6, 6.07) is 7.45. The van der Waals surface area contributed by atoms with Gasteiger partial charge in [-0.3, -0.25) is 4.79 Å². The Bertz CT molecular complexity index is 709. The first kappa shape index (κ1) is 19.5. The minimum atomic E-state index is -2.41. The molecule has 0 aliphatic rings. The number of amides is 1. The van der Waals surface area contributed by atoms with E-state index in [-0.39, 0.29) is 18.2 Å². The van der Waals surface area contributed by atoms with Crippen molar-refractivity contribution in [3.8, 4) is 0 Å². The highest BCUT2D eigenvalue weighted by Crippen LogP contribution is 2.22. The van der Waals surface area contributed by atoms with E-state index < -0.39 is 5.76 Å². The second-order valence-corrected chi connectivity index (χ2v) is 6.84. The molecule has 0 saturated heterocycles. The summed E-state index contributed by atoms with van der Waals surface area (Å²) < 4.78 is 29.7. The molecule has 0 radical (unpaired) electrons. The van der Waals surface area contributed by atoms with E-state index in [2.05, 4.69) is 10.6 Å². The van der Waals surface area contributed by atoms with E-state index in [1.807, 2.05) is 32.9 Å². The number of alkyl halides is 2. The van der Waals surface area contributed by atoms with Gasteiger partial charge in [0.25, 0.3) is 5.76 Å². The van der Waals surface area contributed by atoms with E-state index in [1.165, 1.54) is 0 Å². The van der Waals surface area contributed by atoms with Crippen molar-refractivity contribution in [2.45, 2.75) is 38.8 Å². The number of thioether (sulfide) groups is 1. The van der Waals surface area contributed by atoms with Crippen LogP contribution in [0.4, 0.5) is 14.5 Å². The molecule has 25 heavy (non-hydrogen) atoms. The highest BCUT2D eigenvalue weighted by atomic mass is 32.2. The molecular formula is C18H22F2N2O2S. The Morgan fingerprint density at radius 1 is 1.16 bits per heavy atom. The average molecular weight is 368 g/mol. The van der Waals surface area contributed by atoms with Gasteiger partial charge in [-0.15, -0.1) is 0 Å². The number of carbonyl (C=O) groups excluding carboxylic acids is 1. The lowest BCUT2D eigenvalue weighted by Crippen LogP contribution is -2.28. The van der Waals surface area contributed by atoms with E-state index in [4.69, 9.17) is 4.42 Å². The summed E-state index contributed by atoms with van der Waals surface area (Å²) >= 11 is 0.520. The first-order valence-corrected chi connectivity index (χ1v) is 8.96. The van der Waals surface area contributed by atoms with Crippen LogP contribution in [-0.2, 0) is 17.1 Å². The molecule has 1 aromatic heterocycles. The maximum absolute atomic E-state index is 12.1. The number of hydrogen-bond acceptors (Lipinski definition) is 4. The summed E-state index contributed by atoms with van der Waals surface area (Å²) in [7, 11) is 0. The lowest BCUT2D eigenvalue weighted by Gasteiger charge is -2.13. The molecule has 0 aliphatic carbocycles. The molecule has 0 fully saturated rings. The Morgan fingerprint density at radius 3 is 2.44 bits per heavy atom. The maximum Gasteiger partial charge on any atom is 0.284 e. The molecule has 0 atom stereocenters. The highest BCUT2D eigenvalue weighted by Gasteiger charge is 2.10. The second kappa shape index (κ2) is 9.01. The van der Waals surface area contributed by atoms with Gasteiger partial charge in [-0.05, 0) is 44.0 Å². The molecule has 2 N–H and O–H groups in total. The molecule has 4 nitrogen and oxygen atoms in total. The molecule has 7 heteroatoms. The molecule has 0 aliphatic heterocycles. The topological polar surface area (TPSA) is 54.3 Å². The van der Waals surface area contributed by atoms with Gasteiger partial charge in [0, 0.05) is 5.69 Å². The summed E-state index contributed by atoms with van der Waals surface area (Å²) in [4.78, 5) is 12.1. The predicted molar refractivity (Wildman–Crippen MR) is 97.0 cm³/mol. The van der Waals surface area contributed by atoms with Gasteiger partial charge in [-0.25, -0.2) is 0 Å². The van der Waals surface area contributed by atoms with Gasteiger partial charge in [0.15, 0.2) is 0 Å². The summed E-state index contributed by atoms with van der Waals surface area (Å²) in [5.41, 5.74) is 4.04. The molecule has 1 aromatic carbocycles. The number of benzene rings is 1. The molecule has 136 valence electrons. The van der Waals surface area contributed by atoms with Crippen LogP contribution < -0.4 is 10.6 Å². The van der Waals surface area contributed by atoms with Crippen LogP contribution in [0.3, 0.4) is 0 Å². The number of nitrogens with one attached hydrogen (secondary N) is 2. The Morgan fingerprint density at radius 2 is 1.80 bits per heavy atom. The van der Waals surface area contributed by atoms with Crippen molar-refractivity contribution in [2.75, 3.05) is 11.9 Å². The van der Waals surface area contributed by atoms with Gasteiger partial charge in [-0.2, -0.15) is 8.78 Å². The van der Waals surface area contributed by atoms with Crippen LogP contribution in [0.15, 0.2) is 28.7 Å². The number of anilines is 1. The molecule has 0 spiro atoms. The summed E-state index contributed by atoms with van der Waals surface area (Å²) in [5, 5.41) is 5.90. The average Bonchev–Trinajstić information content (AvgIpc) is 2.97. The van der Waals surface area contributed by atoms with E-state index in [0.717, 1.165) is 22.4 Å². The fraction of sp³-hybridized carbons (Fsp3) is 0.389. The van der Waals surface area contributed by atoms with Crippen LogP contribution in [0.5, 0.6) is 0 Å². The zero-order valence-corrected chi connectivity index (χ0v) is 15.3. The lowest BCUT2D eigenvalue weighted by atomic mass is 10.1. The maximum atomic E-state index is 12.1. The van der Waals surface area contributed by atoms with Gasteiger partial charge in [0.1, 0.15) is 11.5 Å². The Kier molecular flexibility index (Phi) is 7.01. The molecule has 0 unspecified atom stereocenters.